The highest BCUT2D eigenvalue weighted by molar-refractivity contribution is 5.82. The number of terminal acetylenes is 1. The Hall–Kier alpha value is -1.21. The van der Waals surface area contributed by atoms with Gasteiger partial charge in [-0.15, -0.1) is 23.5 Å². The molecular formula is C10H20N4. The first-order valence-corrected chi connectivity index (χ1v) is 4.74. The fourth-order valence-electron chi connectivity index (χ4n) is 1.13. The highest BCUT2D eigenvalue weighted by atomic mass is 15.8. The van der Waals surface area contributed by atoms with E-state index in [1.165, 1.54) is 12.8 Å². The fourth-order valence-corrected chi connectivity index (χ4v) is 1.13. The maximum atomic E-state index is 4.00. The predicted octanol–water partition coefficient (Wildman–Crippen LogP) is 1.38. The molecule has 0 aromatic rings. The molecule has 0 atom stereocenters. The minimum atomic E-state index is 0.431. The standard InChI is InChI=1S/C8H18N4.C2H2/c1-8(2,3)6-4-5-7-9-11-12-10-7;1-2/h11-12H,4-6H2,1-3H3,(H,9,10);1-2H. The summed E-state index contributed by atoms with van der Waals surface area (Å²) in [6.45, 7) is 6.77. The monoisotopic (exact) mass is 196 g/mol. The molecule has 0 radical (unpaired) electrons. The smallest absolute Gasteiger partial charge is 0.139 e. The van der Waals surface area contributed by atoms with Crippen molar-refractivity contribution in [2.24, 2.45) is 10.5 Å². The van der Waals surface area contributed by atoms with Gasteiger partial charge in [-0.3, -0.25) is 5.43 Å². The van der Waals surface area contributed by atoms with Gasteiger partial charge >= 0.3 is 0 Å². The number of hydrazine groups is 2. The van der Waals surface area contributed by atoms with E-state index in [0.717, 1.165) is 12.3 Å². The average molecular weight is 196 g/mol. The number of nitrogens with one attached hydrogen (secondary N) is 3. The molecular weight excluding hydrogens is 176 g/mol. The molecule has 0 fully saturated rings. The van der Waals surface area contributed by atoms with Gasteiger partial charge in [0.25, 0.3) is 0 Å². The molecule has 14 heavy (non-hydrogen) atoms. The summed E-state index contributed by atoms with van der Waals surface area (Å²) in [7, 11) is 0. The largest absolute Gasteiger partial charge is 0.289 e. The van der Waals surface area contributed by atoms with E-state index in [9.17, 15) is 0 Å². The van der Waals surface area contributed by atoms with Crippen LogP contribution in [0.2, 0.25) is 0 Å². The summed E-state index contributed by atoms with van der Waals surface area (Å²) >= 11 is 0. The first kappa shape index (κ1) is 12.8. The molecule has 4 heteroatoms. The van der Waals surface area contributed by atoms with Crippen LogP contribution in [0.5, 0.6) is 0 Å². The minimum Gasteiger partial charge on any atom is -0.289 e. The third-order valence-electron chi connectivity index (χ3n) is 1.79. The number of hydrogen-bond acceptors (Lipinski definition) is 4. The van der Waals surface area contributed by atoms with Gasteiger partial charge in [0.15, 0.2) is 0 Å². The van der Waals surface area contributed by atoms with Crippen LogP contribution in [-0.2, 0) is 0 Å². The molecule has 0 saturated carbocycles. The van der Waals surface area contributed by atoms with Gasteiger partial charge in [-0.1, -0.05) is 20.8 Å². The van der Waals surface area contributed by atoms with Gasteiger partial charge in [-0.25, -0.2) is 5.53 Å². The van der Waals surface area contributed by atoms with E-state index in [1.54, 1.807) is 0 Å². The van der Waals surface area contributed by atoms with E-state index < -0.39 is 0 Å². The molecule has 0 saturated heterocycles. The van der Waals surface area contributed by atoms with Gasteiger partial charge in [0.2, 0.25) is 0 Å². The van der Waals surface area contributed by atoms with Crippen LogP contribution in [0, 0.1) is 18.3 Å². The van der Waals surface area contributed by atoms with E-state index in [0.29, 0.717) is 5.41 Å². The number of hydrazone groups is 1. The van der Waals surface area contributed by atoms with E-state index >= 15 is 0 Å². The highest BCUT2D eigenvalue weighted by Crippen LogP contribution is 2.21. The van der Waals surface area contributed by atoms with Crippen LogP contribution in [0.15, 0.2) is 5.10 Å². The molecule has 80 valence electrons. The van der Waals surface area contributed by atoms with Crippen molar-refractivity contribution in [1.82, 2.24) is 16.5 Å². The summed E-state index contributed by atoms with van der Waals surface area (Å²) < 4.78 is 0. The zero-order chi connectivity index (χ0) is 11.0. The first-order valence-electron chi connectivity index (χ1n) is 4.74. The van der Waals surface area contributed by atoms with Crippen LogP contribution in [0.3, 0.4) is 0 Å². The van der Waals surface area contributed by atoms with Gasteiger partial charge in [0.05, 0.1) is 0 Å². The summed E-state index contributed by atoms with van der Waals surface area (Å²) in [6, 6.07) is 0. The lowest BCUT2D eigenvalue weighted by molar-refractivity contribution is 0.368. The van der Waals surface area contributed by atoms with Crippen molar-refractivity contribution in [2.45, 2.75) is 40.0 Å². The molecule has 0 amide bonds. The van der Waals surface area contributed by atoms with Gasteiger partial charge in [0, 0.05) is 6.42 Å². The minimum absolute atomic E-state index is 0.431. The maximum absolute atomic E-state index is 4.00. The molecule has 4 nitrogen and oxygen atoms in total. The number of nitrogens with zero attached hydrogens (tertiary/aromatic N) is 1. The van der Waals surface area contributed by atoms with E-state index in [4.69, 9.17) is 0 Å². The molecule has 1 aliphatic rings. The molecule has 0 aromatic carbocycles. The SMILES string of the molecule is C#C.CC(C)(C)CCCC1=NNNN1. The molecule has 0 spiro atoms. The summed E-state index contributed by atoms with van der Waals surface area (Å²) in [4.78, 5) is 0. The molecule has 0 bridgehead atoms. The van der Waals surface area contributed by atoms with E-state index in [-0.39, 0.29) is 0 Å². The predicted molar refractivity (Wildman–Crippen MR) is 60.0 cm³/mol. The van der Waals surface area contributed by atoms with Gasteiger partial charge in [0.1, 0.15) is 5.84 Å². The van der Waals surface area contributed by atoms with Crippen molar-refractivity contribution < 1.29 is 0 Å². The van der Waals surface area contributed by atoms with Gasteiger partial charge < -0.3 is 0 Å². The Morgan fingerprint density at radius 3 is 2.36 bits per heavy atom. The second kappa shape index (κ2) is 6.28. The van der Waals surface area contributed by atoms with Crippen molar-refractivity contribution >= 4 is 5.84 Å². The average Bonchev–Trinajstić information content (AvgIpc) is 2.58. The highest BCUT2D eigenvalue weighted by Gasteiger charge is 2.11. The summed E-state index contributed by atoms with van der Waals surface area (Å²) in [5.41, 5.74) is 8.73. The third-order valence-corrected chi connectivity index (χ3v) is 1.79. The van der Waals surface area contributed by atoms with Crippen molar-refractivity contribution in [2.75, 3.05) is 0 Å². The third kappa shape index (κ3) is 6.32. The van der Waals surface area contributed by atoms with Crippen molar-refractivity contribution in [3.63, 3.8) is 0 Å². The first-order chi connectivity index (χ1) is 6.58. The second-order valence-corrected chi connectivity index (χ2v) is 4.33. The van der Waals surface area contributed by atoms with Crippen LogP contribution in [0.4, 0.5) is 0 Å². The summed E-state index contributed by atoms with van der Waals surface area (Å²) in [5, 5.41) is 4.00. The molecule has 1 aliphatic heterocycles. The Labute approximate surface area is 86.5 Å². The van der Waals surface area contributed by atoms with Crippen molar-refractivity contribution in [1.29, 1.82) is 0 Å². The van der Waals surface area contributed by atoms with Crippen LogP contribution in [0.25, 0.3) is 0 Å². The Bertz CT molecular complexity index is 200. The second-order valence-electron chi connectivity index (χ2n) is 4.33. The molecule has 0 unspecified atom stereocenters. The number of hydrogen-bond donors (Lipinski definition) is 3. The van der Waals surface area contributed by atoms with Crippen LogP contribution >= 0.6 is 0 Å². The van der Waals surface area contributed by atoms with E-state index in [2.05, 4.69) is 55.2 Å². The molecule has 3 N–H and O–H groups in total. The number of rotatable bonds is 3. The number of amidine groups is 1. The van der Waals surface area contributed by atoms with Crippen LogP contribution < -0.4 is 16.5 Å². The topological polar surface area (TPSA) is 48.5 Å². The lowest BCUT2D eigenvalue weighted by atomic mass is 9.90. The van der Waals surface area contributed by atoms with E-state index in [1.807, 2.05) is 0 Å². The van der Waals surface area contributed by atoms with Crippen LogP contribution in [-0.4, -0.2) is 5.84 Å². The fraction of sp³-hybridized carbons (Fsp3) is 0.700. The Balaban J connectivity index is 0.000000791. The van der Waals surface area contributed by atoms with Crippen molar-refractivity contribution in [3.8, 4) is 12.8 Å². The van der Waals surface area contributed by atoms with Crippen LogP contribution in [0.1, 0.15) is 40.0 Å². The normalized spacial score (nSPS) is 14.5. The quantitative estimate of drug-likeness (QED) is 0.598. The van der Waals surface area contributed by atoms with Gasteiger partial charge in [-0.05, 0) is 18.3 Å². The molecule has 1 rings (SSSR count). The lowest BCUT2D eigenvalue weighted by Gasteiger charge is -2.17. The summed E-state index contributed by atoms with van der Waals surface area (Å²) in [5.74, 6) is 0.999. The van der Waals surface area contributed by atoms with Gasteiger partial charge in [-0.2, -0.15) is 0 Å². The Morgan fingerprint density at radius 1 is 1.29 bits per heavy atom. The summed E-state index contributed by atoms with van der Waals surface area (Å²) in [6.07, 6.45) is 11.4. The zero-order valence-corrected chi connectivity index (χ0v) is 9.22. The Morgan fingerprint density at radius 2 is 1.93 bits per heavy atom. The lowest BCUT2D eigenvalue weighted by Crippen LogP contribution is -2.34. The molecule has 0 aromatic heterocycles. The molecule has 1 heterocycles. The molecule has 0 aliphatic carbocycles. The Kier molecular flexibility index (Phi) is 5.73. The zero-order valence-electron chi connectivity index (χ0n) is 9.22. The van der Waals surface area contributed by atoms with Crippen molar-refractivity contribution in [3.05, 3.63) is 0 Å². The maximum Gasteiger partial charge on any atom is 0.139 e.